The molecule has 0 amide bonds. The van der Waals surface area contributed by atoms with E-state index in [4.69, 9.17) is 0 Å². The predicted molar refractivity (Wildman–Crippen MR) is 130 cm³/mol. The average molecular weight is 548 g/mol. The number of hydrogen-bond acceptors (Lipinski definition) is 3. The molecular formula is C21H30FIN4O2S. The summed E-state index contributed by atoms with van der Waals surface area (Å²) in [6, 6.07) is 11.5. The van der Waals surface area contributed by atoms with E-state index >= 15 is 0 Å². The zero-order valence-electron chi connectivity index (χ0n) is 17.8. The van der Waals surface area contributed by atoms with Crippen LogP contribution in [0.1, 0.15) is 23.6 Å². The molecule has 0 aliphatic carbocycles. The van der Waals surface area contributed by atoms with Gasteiger partial charge in [-0.1, -0.05) is 18.2 Å². The van der Waals surface area contributed by atoms with Crippen molar-refractivity contribution in [3.05, 3.63) is 65.0 Å². The first-order valence-corrected chi connectivity index (χ1v) is 11.0. The minimum Gasteiger partial charge on any atom is -0.357 e. The van der Waals surface area contributed by atoms with E-state index in [0.29, 0.717) is 19.0 Å². The summed E-state index contributed by atoms with van der Waals surface area (Å²) in [7, 11) is -0.410. The van der Waals surface area contributed by atoms with Crippen molar-refractivity contribution in [2.45, 2.75) is 31.7 Å². The van der Waals surface area contributed by atoms with Gasteiger partial charge in [0.05, 0.1) is 11.4 Å². The van der Waals surface area contributed by atoms with Crippen LogP contribution in [0.2, 0.25) is 0 Å². The Morgan fingerprint density at radius 1 is 1.10 bits per heavy atom. The minimum absolute atomic E-state index is 0. The molecule has 6 nitrogen and oxygen atoms in total. The zero-order chi connectivity index (χ0) is 21.4. The maximum atomic E-state index is 13.2. The van der Waals surface area contributed by atoms with Crippen LogP contribution >= 0.6 is 24.0 Å². The Hall–Kier alpha value is -1.72. The van der Waals surface area contributed by atoms with Crippen molar-refractivity contribution in [1.29, 1.82) is 0 Å². The summed E-state index contributed by atoms with van der Waals surface area (Å²) in [5, 5.41) is 6.46. The van der Waals surface area contributed by atoms with Crippen molar-refractivity contribution in [3.63, 3.8) is 0 Å². The van der Waals surface area contributed by atoms with Gasteiger partial charge in [0, 0.05) is 27.2 Å². The van der Waals surface area contributed by atoms with Gasteiger partial charge in [0.1, 0.15) is 5.82 Å². The molecule has 2 aromatic rings. The van der Waals surface area contributed by atoms with E-state index in [0.717, 1.165) is 29.7 Å². The Morgan fingerprint density at radius 3 is 2.33 bits per heavy atom. The van der Waals surface area contributed by atoms with E-state index < -0.39 is 10.0 Å². The predicted octanol–water partition coefficient (Wildman–Crippen LogP) is 3.30. The second-order valence-electron chi connectivity index (χ2n) is 6.87. The zero-order valence-corrected chi connectivity index (χ0v) is 20.9. The maximum absolute atomic E-state index is 13.2. The number of hydrogen-bond donors (Lipinski definition) is 2. The van der Waals surface area contributed by atoms with E-state index in [1.807, 2.05) is 13.8 Å². The number of aryl methyl sites for hydroxylation is 1. The summed E-state index contributed by atoms with van der Waals surface area (Å²) in [6.45, 7) is 5.70. The lowest BCUT2D eigenvalue weighted by Gasteiger charge is -2.13. The molecule has 0 fully saturated rings. The van der Waals surface area contributed by atoms with Crippen molar-refractivity contribution in [1.82, 2.24) is 14.9 Å². The second kappa shape index (κ2) is 12.2. The topological polar surface area (TPSA) is 73.8 Å². The molecule has 0 saturated carbocycles. The fourth-order valence-corrected chi connectivity index (χ4v) is 3.65. The standard InChI is InChI=1S/C21H29FN4O2S.HI/c1-5-23-21(24-13-12-18-8-9-19(22)14-16(18)2)25-15-17-6-10-20(11-7-17)29(27,28)26(3)4;/h6-11,14H,5,12-13,15H2,1-4H3,(H2,23,24,25);1H. The monoisotopic (exact) mass is 548 g/mol. The normalized spacial score (nSPS) is 11.9. The highest BCUT2D eigenvalue weighted by atomic mass is 127. The molecule has 0 saturated heterocycles. The smallest absolute Gasteiger partial charge is 0.242 e. The molecule has 2 rings (SSSR count). The molecule has 0 aliphatic rings. The molecule has 0 heterocycles. The molecule has 0 atom stereocenters. The Bertz CT molecular complexity index is 948. The minimum atomic E-state index is -3.43. The van der Waals surface area contributed by atoms with Crippen LogP contribution in [0.4, 0.5) is 4.39 Å². The Kier molecular flexibility index (Phi) is 10.7. The highest BCUT2D eigenvalue weighted by Crippen LogP contribution is 2.14. The van der Waals surface area contributed by atoms with Gasteiger partial charge in [-0.3, -0.25) is 0 Å². The van der Waals surface area contributed by atoms with E-state index in [1.165, 1.54) is 30.5 Å². The fraction of sp³-hybridized carbons (Fsp3) is 0.381. The third-order valence-corrected chi connectivity index (χ3v) is 6.29. The molecule has 0 aromatic heterocycles. The van der Waals surface area contributed by atoms with Crippen molar-refractivity contribution in [2.75, 3.05) is 27.2 Å². The Morgan fingerprint density at radius 2 is 1.77 bits per heavy atom. The van der Waals surface area contributed by atoms with Crippen molar-refractivity contribution in [2.24, 2.45) is 4.99 Å². The third kappa shape index (κ3) is 7.51. The number of aliphatic imine (C=N–C) groups is 1. The molecule has 9 heteroatoms. The van der Waals surface area contributed by atoms with Crippen LogP contribution in [0.5, 0.6) is 0 Å². The van der Waals surface area contributed by atoms with Gasteiger partial charge >= 0.3 is 0 Å². The number of guanidine groups is 1. The van der Waals surface area contributed by atoms with Crippen LogP contribution in [0.15, 0.2) is 52.4 Å². The van der Waals surface area contributed by atoms with Crippen LogP contribution in [-0.4, -0.2) is 45.9 Å². The molecular weight excluding hydrogens is 518 g/mol. The van der Waals surface area contributed by atoms with Crippen molar-refractivity contribution < 1.29 is 12.8 Å². The summed E-state index contributed by atoms with van der Waals surface area (Å²) in [5.41, 5.74) is 2.93. The van der Waals surface area contributed by atoms with Crippen molar-refractivity contribution >= 4 is 40.0 Å². The van der Waals surface area contributed by atoms with Gasteiger partial charge in [-0.05, 0) is 61.2 Å². The molecule has 166 valence electrons. The van der Waals surface area contributed by atoms with E-state index in [-0.39, 0.29) is 34.7 Å². The summed E-state index contributed by atoms with van der Waals surface area (Å²) in [6.07, 6.45) is 0.758. The van der Waals surface area contributed by atoms with Gasteiger partial charge < -0.3 is 10.6 Å². The first-order valence-electron chi connectivity index (χ1n) is 9.52. The fourth-order valence-electron chi connectivity index (χ4n) is 2.75. The molecule has 30 heavy (non-hydrogen) atoms. The van der Waals surface area contributed by atoms with Crippen LogP contribution in [-0.2, 0) is 23.0 Å². The third-order valence-electron chi connectivity index (χ3n) is 4.46. The number of nitrogens with zero attached hydrogens (tertiary/aromatic N) is 2. The maximum Gasteiger partial charge on any atom is 0.242 e. The van der Waals surface area contributed by atoms with Gasteiger partial charge in [0.2, 0.25) is 10.0 Å². The Balaban J connectivity index is 0.00000450. The van der Waals surface area contributed by atoms with Crippen LogP contribution in [0, 0.1) is 12.7 Å². The molecule has 0 radical (unpaired) electrons. The first kappa shape index (κ1) is 26.3. The lowest BCUT2D eigenvalue weighted by molar-refractivity contribution is 0.520. The van der Waals surface area contributed by atoms with Gasteiger partial charge in [-0.25, -0.2) is 22.1 Å². The van der Waals surface area contributed by atoms with Crippen LogP contribution < -0.4 is 10.6 Å². The van der Waals surface area contributed by atoms with Crippen LogP contribution in [0.25, 0.3) is 0 Å². The van der Waals surface area contributed by atoms with E-state index in [1.54, 1.807) is 30.3 Å². The average Bonchev–Trinajstić information content (AvgIpc) is 2.68. The number of halogens is 2. The molecule has 0 unspecified atom stereocenters. The highest BCUT2D eigenvalue weighted by molar-refractivity contribution is 14.0. The lowest BCUT2D eigenvalue weighted by atomic mass is 10.1. The number of benzene rings is 2. The lowest BCUT2D eigenvalue weighted by Crippen LogP contribution is -2.38. The number of sulfonamides is 1. The summed E-state index contributed by atoms with van der Waals surface area (Å²) in [4.78, 5) is 4.81. The Labute approximate surface area is 196 Å². The summed E-state index contributed by atoms with van der Waals surface area (Å²) in [5.74, 6) is 0.454. The first-order chi connectivity index (χ1) is 13.7. The number of rotatable bonds is 8. The van der Waals surface area contributed by atoms with Gasteiger partial charge in [-0.15, -0.1) is 24.0 Å². The highest BCUT2D eigenvalue weighted by Gasteiger charge is 2.16. The largest absolute Gasteiger partial charge is 0.357 e. The second-order valence-corrected chi connectivity index (χ2v) is 9.03. The summed E-state index contributed by atoms with van der Waals surface area (Å²) >= 11 is 0. The SMILES string of the molecule is CCNC(=NCc1ccc(S(=O)(=O)N(C)C)cc1)NCCc1ccc(F)cc1C.I. The van der Waals surface area contributed by atoms with E-state index in [2.05, 4.69) is 15.6 Å². The van der Waals surface area contributed by atoms with Gasteiger partial charge in [0.15, 0.2) is 5.96 Å². The quantitative estimate of drug-likeness (QED) is 0.302. The van der Waals surface area contributed by atoms with Crippen molar-refractivity contribution in [3.8, 4) is 0 Å². The van der Waals surface area contributed by atoms with Crippen LogP contribution in [0.3, 0.4) is 0 Å². The molecule has 2 N–H and O–H groups in total. The molecule has 0 aliphatic heterocycles. The summed E-state index contributed by atoms with van der Waals surface area (Å²) < 4.78 is 38.7. The molecule has 0 spiro atoms. The van der Waals surface area contributed by atoms with Gasteiger partial charge in [-0.2, -0.15) is 0 Å². The van der Waals surface area contributed by atoms with E-state index in [9.17, 15) is 12.8 Å². The van der Waals surface area contributed by atoms with Gasteiger partial charge in [0.25, 0.3) is 0 Å². The number of nitrogens with one attached hydrogen (secondary N) is 2. The molecule has 2 aromatic carbocycles. The molecule has 0 bridgehead atoms.